The Balaban J connectivity index is 1.59. The summed E-state index contributed by atoms with van der Waals surface area (Å²) in [6, 6.07) is 4.28. The molecule has 1 aliphatic carbocycles. The molecule has 3 aromatic rings. The molecule has 0 bridgehead atoms. The van der Waals surface area contributed by atoms with Gasteiger partial charge in [-0.3, -0.25) is 5.10 Å². The fourth-order valence-electron chi connectivity index (χ4n) is 2.81. The molecule has 8 heteroatoms. The van der Waals surface area contributed by atoms with Crippen LogP contribution in [0.4, 0.5) is 17.6 Å². The Bertz CT molecular complexity index is 836. The largest absolute Gasteiger partial charge is 0.378 e. The third kappa shape index (κ3) is 3.05. The highest BCUT2D eigenvalue weighted by molar-refractivity contribution is 5.88. The molecule has 24 heavy (non-hydrogen) atoms. The first-order chi connectivity index (χ1) is 11.7. The number of methoxy groups -OCH3 is 1. The van der Waals surface area contributed by atoms with Gasteiger partial charge in [0, 0.05) is 25.4 Å². The van der Waals surface area contributed by atoms with Crippen LogP contribution in [0.1, 0.15) is 25.5 Å². The van der Waals surface area contributed by atoms with Gasteiger partial charge in [0.25, 0.3) is 0 Å². The van der Waals surface area contributed by atoms with E-state index in [-0.39, 0.29) is 0 Å². The number of hydrogen-bond acceptors (Lipinski definition) is 6. The number of hydrogen-bond donors (Lipinski definition) is 4. The monoisotopic (exact) mass is 327 g/mol. The van der Waals surface area contributed by atoms with Crippen molar-refractivity contribution in [1.29, 1.82) is 0 Å². The average molecular weight is 327 g/mol. The highest BCUT2D eigenvalue weighted by Gasteiger charge is 2.28. The van der Waals surface area contributed by atoms with Gasteiger partial charge in [-0.25, -0.2) is 0 Å². The molecule has 0 aromatic carbocycles. The molecule has 8 nitrogen and oxygen atoms in total. The van der Waals surface area contributed by atoms with Crippen molar-refractivity contribution in [1.82, 2.24) is 25.1 Å². The number of aromatic amines is 2. The minimum Gasteiger partial charge on any atom is -0.378 e. The Morgan fingerprint density at radius 2 is 2.25 bits per heavy atom. The van der Waals surface area contributed by atoms with Gasteiger partial charge in [0.15, 0.2) is 5.82 Å². The molecular formula is C16H21N7O. The van der Waals surface area contributed by atoms with Crippen LogP contribution in [-0.4, -0.2) is 38.3 Å². The third-order valence-corrected chi connectivity index (χ3v) is 4.28. The number of ether oxygens (including phenoxy) is 1. The number of aromatic nitrogens is 5. The summed E-state index contributed by atoms with van der Waals surface area (Å²) in [5, 5.41) is 14.8. The molecule has 0 unspecified atom stereocenters. The Labute approximate surface area is 139 Å². The molecule has 3 aromatic heterocycles. The van der Waals surface area contributed by atoms with E-state index in [4.69, 9.17) is 4.74 Å². The molecule has 0 amide bonds. The Morgan fingerprint density at radius 1 is 1.38 bits per heavy atom. The molecule has 1 saturated carbocycles. The summed E-state index contributed by atoms with van der Waals surface area (Å²) in [7, 11) is 1.65. The standard InChI is InChI=1S/C16H21N7O/c1-9(10-3-4-10)18-15-12-5-6-17-14(12)20-16(21-15)19-13-7-11(8-24-2)22-23-13/h5-7,9-10H,3-4,8H2,1-2H3,(H4,17,18,19,20,21,22,23)/t9-/m0/s1. The number of nitrogens with one attached hydrogen (secondary N) is 4. The minimum absolute atomic E-state index is 0.407. The molecule has 4 rings (SSSR count). The predicted molar refractivity (Wildman–Crippen MR) is 92.3 cm³/mol. The van der Waals surface area contributed by atoms with Gasteiger partial charge >= 0.3 is 0 Å². The van der Waals surface area contributed by atoms with Crippen LogP contribution in [0.25, 0.3) is 11.0 Å². The summed E-state index contributed by atoms with van der Waals surface area (Å²) >= 11 is 0. The van der Waals surface area contributed by atoms with Crippen LogP contribution in [0.2, 0.25) is 0 Å². The second-order valence-electron chi connectivity index (χ2n) is 6.24. The van der Waals surface area contributed by atoms with E-state index in [9.17, 15) is 0 Å². The smallest absolute Gasteiger partial charge is 0.232 e. The van der Waals surface area contributed by atoms with E-state index >= 15 is 0 Å². The number of fused-ring (bicyclic) bond motifs is 1. The lowest BCUT2D eigenvalue weighted by Crippen LogP contribution is -2.18. The molecule has 3 heterocycles. The van der Waals surface area contributed by atoms with Crippen LogP contribution in [-0.2, 0) is 11.3 Å². The van der Waals surface area contributed by atoms with Crippen LogP contribution in [0.15, 0.2) is 18.3 Å². The van der Waals surface area contributed by atoms with Gasteiger partial charge in [0.05, 0.1) is 17.7 Å². The zero-order chi connectivity index (χ0) is 16.5. The fourth-order valence-corrected chi connectivity index (χ4v) is 2.81. The van der Waals surface area contributed by atoms with E-state index in [1.54, 1.807) is 7.11 Å². The number of anilines is 3. The average Bonchev–Trinajstić information content (AvgIpc) is 3.16. The van der Waals surface area contributed by atoms with Gasteiger partial charge in [-0.15, -0.1) is 0 Å². The first-order valence-corrected chi connectivity index (χ1v) is 8.15. The van der Waals surface area contributed by atoms with Crippen LogP contribution >= 0.6 is 0 Å². The summed E-state index contributed by atoms with van der Waals surface area (Å²) < 4.78 is 5.08. The molecule has 1 atom stereocenters. The number of nitrogens with zero attached hydrogens (tertiary/aromatic N) is 3. The van der Waals surface area contributed by atoms with Crippen molar-refractivity contribution in [2.24, 2.45) is 5.92 Å². The lowest BCUT2D eigenvalue weighted by Gasteiger charge is -2.15. The molecule has 1 fully saturated rings. The maximum atomic E-state index is 5.08. The highest BCUT2D eigenvalue weighted by atomic mass is 16.5. The lowest BCUT2D eigenvalue weighted by atomic mass is 10.2. The minimum atomic E-state index is 0.407. The van der Waals surface area contributed by atoms with Crippen molar-refractivity contribution >= 4 is 28.6 Å². The van der Waals surface area contributed by atoms with E-state index in [1.165, 1.54) is 12.8 Å². The maximum Gasteiger partial charge on any atom is 0.232 e. The summed E-state index contributed by atoms with van der Waals surface area (Å²) in [5.41, 5.74) is 1.69. The van der Waals surface area contributed by atoms with Gasteiger partial charge < -0.3 is 20.4 Å². The van der Waals surface area contributed by atoms with E-state index in [2.05, 4.69) is 42.7 Å². The van der Waals surface area contributed by atoms with Crippen LogP contribution in [0.3, 0.4) is 0 Å². The van der Waals surface area contributed by atoms with Gasteiger partial charge in [0.1, 0.15) is 11.5 Å². The van der Waals surface area contributed by atoms with Gasteiger partial charge in [-0.2, -0.15) is 15.1 Å². The molecule has 4 N–H and O–H groups in total. The molecule has 0 spiro atoms. The Hall–Kier alpha value is -2.61. The fraction of sp³-hybridized carbons (Fsp3) is 0.438. The van der Waals surface area contributed by atoms with E-state index < -0.39 is 0 Å². The first kappa shape index (κ1) is 14.9. The van der Waals surface area contributed by atoms with Gasteiger partial charge in [-0.1, -0.05) is 0 Å². The molecule has 0 aliphatic heterocycles. The molecule has 126 valence electrons. The summed E-state index contributed by atoms with van der Waals surface area (Å²) in [6.45, 7) is 2.69. The van der Waals surface area contributed by atoms with E-state index in [0.29, 0.717) is 24.4 Å². The maximum absolute atomic E-state index is 5.08. The summed E-state index contributed by atoms with van der Waals surface area (Å²) in [5.74, 6) is 2.75. The van der Waals surface area contributed by atoms with Crippen molar-refractivity contribution in [2.45, 2.75) is 32.4 Å². The predicted octanol–water partition coefficient (Wildman–Crippen LogP) is 2.78. The van der Waals surface area contributed by atoms with Crippen molar-refractivity contribution in [3.63, 3.8) is 0 Å². The second-order valence-corrected chi connectivity index (χ2v) is 6.24. The normalized spacial score (nSPS) is 15.6. The van der Waals surface area contributed by atoms with Crippen molar-refractivity contribution in [2.75, 3.05) is 17.7 Å². The molecular weight excluding hydrogens is 306 g/mol. The number of H-pyrrole nitrogens is 2. The highest BCUT2D eigenvalue weighted by Crippen LogP contribution is 2.34. The van der Waals surface area contributed by atoms with Crippen LogP contribution in [0.5, 0.6) is 0 Å². The quantitative estimate of drug-likeness (QED) is 0.532. The Morgan fingerprint density at radius 3 is 3.04 bits per heavy atom. The van der Waals surface area contributed by atoms with Crippen molar-refractivity contribution in [3.8, 4) is 0 Å². The second kappa shape index (κ2) is 6.12. The van der Waals surface area contributed by atoms with Crippen molar-refractivity contribution < 1.29 is 4.74 Å². The topological polar surface area (TPSA) is 104 Å². The SMILES string of the molecule is COCc1cc(Nc2nc(N[C@@H](C)C3CC3)c3cc[nH]c3n2)n[nH]1. The van der Waals surface area contributed by atoms with Gasteiger partial charge in [-0.05, 0) is 31.7 Å². The van der Waals surface area contributed by atoms with Crippen LogP contribution < -0.4 is 10.6 Å². The molecule has 0 radical (unpaired) electrons. The summed E-state index contributed by atoms with van der Waals surface area (Å²) in [4.78, 5) is 12.3. The first-order valence-electron chi connectivity index (χ1n) is 8.15. The number of rotatable bonds is 7. The Kier molecular flexibility index (Phi) is 3.81. The summed E-state index contributed by atoms with van der Waals surface area (Å²) in [6.07, 6.45) is 4.45. The third-order valence-electron chi connectivity index (χ3n) is 4.28. The van der Waals surface area contributed by atoms with E-state index in [1.807, 2.05) is 18.3 Å². The molecule has 1 aliphatic rings. The zero-order valence-electron chi connectivity index (χ0n) is 13.8. The van der Waals surface area contributed by atoms with Gasteiger partial charge in [0.2, 0.25) is 5.95 Å². The van der Waals surface area contributed by atoms with E-state index in [0.717, 1.165) is 28.5 Å². The molecule has 0 saturated heterocycles. The van der Waals surface area contributed by atoms with Crippen LogP contribution in [0, 0.1) is 5.92 Å². The lowest BCUT2D eigenvalue weighted by molar-refractivity contribution is 0.181. The zero-order valence-corrected chi connectivity index (χ0v) is 13.8. The van der Waals surface area contributed by atoms with Crippen molar-refractivity contribution in [3.05, 3.63) is 24.0 Å².